The zero-order valence-corrected chi connectivity index (χ0v) is 16.5. The predicted molar refractivity (Wildman–Crippen MR) is 105 cm³/mol. The number of carboxylic acids is 1. The number of hydrogen-bond acceptors (Lipinski definition) is 5. The van der Waals surface area contributed by atoms with Crippen molar-refractivity contribution in [1.82, 2.24) is 14.7 Å². The van der Waals surface area contributed by atoms with Crippen molar-refractivity contribution in [2.45, 2.75) is 45.3 Å². The van der Waals surface area contributed by atoms with Crippen molar-refractivity contribution in [1.29, 1.82) is 0 Å². The Morgan fingerprint density at radius 3 is 2.39 bits per heavy atom. The number of carboxylic acid groups (broad SMARTS) is 1. The molecule has 2 aliphatic rings. The van der Waals surface area contributed by atoms with Gasteiger partial charge in [0.05, 0.1) is 11.6 Å². The Morgan fingerprint density at radius 2 is 1.82 bits per heavy atom. The summed E-state index contributed by atoms with van der Waals surface area (Å²) in [7, 11) is 0. The van der Waals surface area contributed by atoms with Crippen LogP contribution in [0, 0.1) is 0 Å². The molecule has 0 atom stereocenters. The van der Waals surface area contributed by atoms with Gasteiger partial charge in [-0.3, -0.25) is 4.68 Å². The van der Waals surface area contributed by atoms with E-state index in [4.69, 9.17) is 4.74 Å². The number of anilines is 1. The standard InChI is InChI=1S/C20H26N4O4/c1-20(2,3)28-19(27)23-10-8-22(9-11-23)16-7-6-14(18(25)26)17-15(16)12-24(21-17)13-4-5-13/h6-7,12-13H,4-5,8-11H2,1-3H3,(H,25,26). The molecule has 4 rings (SSSR count). The minimum Gasteiger partial charge on any atom is -0.478 e. The number of ether oxygens (including phenoxy) is 1. The highest BCUT2D eigenvalue weighted by molar-refractivity contribution is 6.06. The molecule has 1 aromatic carbocycles. The summed E-state index contributed by atoms with van der Waals surface area (Å²) < 4.78 is 7.36. The van der Waals surface area contributed by atoms with Crippen LogP contribution in [0.1, 0.15) is 50.0 Å². The molecule has 0 radical (unpaired) electrons. The maximum absolute atomic E-state index is 12.3. The molecule has 0 bridgehead atoms. The van der Waals surface area contributed by atoms with Crippen LogP contribution >= 0.6 is 0 Å². The fourth-order valence-corrected chi connectivity index (χ4v) is 3.54. The summed E-state index contributed by atoms with van der Waals surface area (Å²) in [5, 5.41) is 14.9. The van der Waals surface area contributed by atoms with E-state index >= 15 is 0 Å². The number of benzene rings is 1. The van der Waals surface area contributed by atoms with Gasteiger partial charge in [-0.15, -0.1) is 0 Å². The number of aromatic nitrogens is 2. The van der Waals surface area contributed by atoms with Gasteiger partial charge in [0.2, 0.25) is 0 Å². The molecule has 150 valence electrons. The van der Waals surface area contributed by atoms with Crippen molar-refractivity contribution in [3.8, 4) is 0 Å². The van der Waals surface area contributed by atoms with Gasteiger partial charge in [-0.2, -0.15) is 5.10 Å². The van der Waals surface area contributed by atoms with Crippen molar-refractivity contribution in [2.24, 2.45) is 0 Å². The Kier molecular flexibility index (Phi) is 4.44. The predicted octanol–water partition coefficient (Wildman–Crippen LogP) is 3.13. The number of aromatic carboxylic acids is 1. The molecule has 1 aromatic heterocycles. The van der Waals surface area contributed by atoms with Crippen LogP contribution in [0.25, 0.3) is 10.9 Å². The number of hydrogen-bond donors (Lipinski definition) is 1. The van der Waals surface area contributed by atoms with Gasteiger partial charge in [-0.05, 0) is 45.7 Å². The van der Waals surface area contributed by atoms with Crippen molar-refractivity contribution in [3.63, 3.8) is 0 Å². The first-order valence-corrected chi connectivity index (χ1v) is 9.71. The number of rotatable bonds is 3. The van der Waals surface area contributed by atoms with Gasteiger partial charge in [0.25, 0.3) is 0 Å². The van der Waals surface area contributed by atoms with Crippen LogP contribution in [-0.2, 0) is 4.74 Å². The lowest BCUT2D eigenvalue weighted by Crippen LogP contribution is -2.50. The molecule has 0 spiro atoms. The quantitative estimate of drug-likeness (QED) is 0.872. The number of fused-ring (bicyclic) bond motifs is 1. The number of piperazine rings is 1. The smallest absolute Gasteiger partial charge is 0.410 e. The van der Waals surface area contributed by atoms with E-state index in [0.29, 0.717) is 37.7 Å². The lowest BCUT2D eigenvalue weighted by molar-refractivity contribution is 0.0240. The van der Waals surface area contributed by atoms with Crippen molar-refractivity contribution >= 4 is 28.7 Å². The van der Waals surface area contributed by atoms with E-state index < -0.39 is 11.6 Å². The van der Waals surface area contributed by atoms with Gasteiger partial charge in [-0.25, -0.2) is 9.59 Å². The Labute approximate surface area is 163 Å². The fraction of sp³-hybridized carbons (Fsp3) is 0.550. The third-order valence-corrected chi connectivity index (χ3v) is 5.09. The average molecular weight is 386 g/mol. The van der Waals surface area contributed by atoms with E-state index in [-0.39, 0.29) is 11.7 Å². The molecule has 2 fully saturated rings. The maximum atomic E-state index is 12.3. The molecule has 8 heteroatoms. The molecular formula is C20H26N4O4. The Morgan fingerprint density at radius 1 is 1.14 bits per heavy atom. The summed E-state index contributed by atoms with van der Waals surface area (Å²) in [5.41, 5.74) is 1.22. The second-order valence-corrected chi connectivity index (χ2v) is 8.49. The third-order valence-electron chi connectivity index (χ3n) is 5.09. The molecular weight excluding hydrogens is 360 g/mol. The first-order valence-electron chi connectivity index (χ1n) is 9.71. The molecule has 2 aromatic rings. The van der Waals surface area contributed by atoms with E-state index in [1.807, 2.05) is 37.7 Å². The minimum atomic E-state index is -0.965. The highest BCUT2D eigenvalue weighted by Gasteiger charge is 2.29. The molecule has 1 aliphatic carbocycles. The third kappa shape index (κ3) is 3.63. The van der Waals surface area contributed by atoms with Gasteiger partial charge >= 0.3 is 12.1 Å². The Balaban J connectivity index is 1.56. The molecule has 1 saturated carbocycles. The summed E-state index contributed by atoms with van der Waals surface area (Å²) in [4.78, 5) is 27.8. The van der Waals surface area contributed by atoms with Crippen LogP contribution in [0.3, 0.4) is 0 Å². The molecule has 1 saturated heterocycles. The molecule has 1 aliphatic heterocycles. The monoisotopic (exact) mass is 386 g/mol. The van der Waals surface area contributed by atoms with Gasteiger partial charge in [0, 0.05) is 43.4 Å². The second-order valence-electron chi connectivity index (χ2n) is 8.49. The SMILES string of the molecule is CC(C)(C)OC(=O)N1CCN(c2ccc(C(=O)O)c3nn(C4CC4)cc23)CC1. The zero-order valence-electron chi connectivity index (χ0n) is 16.5. The Bertz CT molecular complexity index is 918. The van der Waals surface area contributed by atoms with Gasteiger partial charge in [0.15, 0.2) is 0 Å². The van der Waals surface area contributed by atoms with Gasteiger partial charge < -0.3 is 19.6 Å². The number of carbonyl (C=O) groups excluding carboxylic acids is 1. The number of nitrogens with zero attached hydrogens (tertiary/aromatic N) is 4. The van der Waals surface area contributed by atoms with Gasteiger partial charge in [-0.1, -0.05) is 0 Å². The van der Waals surface area contributed by atoms with Crippen LogP contribution in [0.2, 0.25) is 0 Å². The molecule has 8 nitrogen and oxygen atoms in total. The maximum Gasteiger partial charge on any atom is 0.410 e. The summed E-state index contributed by atoms with van der Waals surface area (Å²) in [5.74, 6) is -0.965. The first kappa shape index (κ1) is 18.6. The minimum absolute atomic E-state index is 0.227. The summed E-state index contributed by atoms with van der Waals surface area (Å²) in [6.07, 6.45) is 3.84. The van der Waals surface area contributed by atoms with Crippen molar-refractivity contribution in [2.75, 3.05) is 31.1 Å². The van der Waals surface area contributed by atoms with E-state index in [9.17, 15) is 14.7 Å². The van der Waals surface area contributed by atoms with Crippen LogP contribution in [0.15, 0.2) is 18.3 Å². The number of carbonyl (C=O) groups is 2. The van der Waals surface area contributed by atoms with Crippen molar-refractivity contribution < 1.29 is 19.4 Å². The summed E-state index contributed by atoms with van der Waals surface area (Å²) in [6.45, 7) is 8.03. The van der Waals surface area contributed by atoms with Crippen LogP contribution in [0.4, 0.5) is 10.5 Å². The van der Waals surface area contributed by atoms with Crippen molar-refractivity contribution in [3.05, 3.63) is 23.9 Å². The Hall–Kier alpha value is -2.77. The lowest BCUT2D eigenvalue weighted by atomic mass is 10.1. The van der Waals surface area contributed by atoms with Gasteiger partial charge in [0.1, 0.15) is 11.1 Å². The van der Waals surface area contributed by atoms with E-state index in [1.165, 1.54) is 0 Å². The largest absolute Gasteiger partial charge is 0.478 e. The molecule has 2 heterocycles. The zero-order chi connectivity index (χ0) is 20.1. The van der Waals surface area contributed by atoms with E-state index in [1.54, 1.807) is 11.0 Å². The van der Waals surface area contributed by atoms with Crippen LogP contribution < -0.4 is 4.90 Å². The van der Waals surface area contributed by atoms with Crippen LogP contribution in [0.5, 0.6) is 0 Å². The summed E-state index contributed by atoms with van der Waals surface area (Å²) >= 11 is 0. The fourth-order valence-electron chi connectivity index (χ4n) is 3.54. The summed E-state index contributed by atoms with van der Waals surface area (Å²) in [6, 6.07) is 3.86. The topological polar surface area (TPSA) is 87.9 Å². The van der Waals surface area contributed by atoms with E-state index in [0.717, 1.165) is 23.9 Å². The second kappa shape index (κ2) is 6.68. The molecule has 1 amide bonds. The normalized spacial score (nSPS) is 17.8. The highest BCUT2D eigenvalue weighted by atomic mass is 16.6. The molecule has 0 unspecified atom stereocenters. The highest BCUT2D eigenvalue weighted by Crippen LogP contribution is 2.37. The lowest BCUT2D eigenvalue weighted by Gasteiger charge is -2.37. The molecule has 1 N–H and O–H groups in total. The number of amides is 1. The molecule has 28 heavy (non-hydrogen) atoms. The van der Waals surface area contributed by atoms with E-state index in [2.05, 4.69) is 10.00 Å². The van der Waals surface area contributed by atoms with Crippen LogP contribution in [-0.4, -0.2) is 63.6 Å². The average Bonchev–Trinajstić information content (AvgIpc) is 3.38. The first-order chi connectivity index (χ1) is 13.2.